The number of carbonyl (C=O) groups is 2. The summed E-state index contributed by atoms with van der Waals surface area (Å²) in [6.07, 6.45) is 0. The highest BCUT2D eigenvalue weighted by Gasteiger charge is 2.22. The molecule has 0 spiro atoms. The van der Waals surface area contributed by atoms with Crippen molar-refractivity contribution in [2.24, 2.45) is 0 Å². The van der Waals surface area contributed by atoms with Crippen LogP contribution in [0.1, 0.15) is 18.6 Å². The van der Waals surface area contributed by atoms with Crippen molar-refractivity contribution in [2.75, 3.05) is 5.32 Å². The van der Waals surface area contributed by atoms with Crippen molar-refractivity contribution in [1.29, 1.82) is 0 Å². The van der Waals surface area contributed by atoms with Crippen LogP contribution < -0.4 is 5.32 Å². The zero-order valence-corrected chi connectivity index (χ0v) is 17.5. The topological polar surface area (TPSA) is 120 Å². The lowest BCUT2D eigenvalue weighted by molar-refractivity contribution is -0.384. The third kappa shape index (κ3) is 3.76. The molecule has 1 N–H and O–H groups in total. The molecular formula is C19H15N5O4S2. The Morgan fingerprint density at radius 3 is 2.70 bits per heavy atom. The SMILES string of the molecule is CC(=O)n1c(S[C@H](C)C(=O)Nc2nc3ccc([N+](=O)[O-])cc3s2)nc2ccccc21. The predicted molar refractivity (Wildman–Crippen MR) is 116 cm³/mol. The summed E-state index contributed by atoms with van der Waals surface area (Å²) in [4.78, 5) is 44.0. The minimum Gasteiger partial charge on any atom is -0.301 e. The summed E-state index contributed by atoms with van der Waals surface area (Å²) in [7, 11) is 0. The van der Waals surface area contributed by atoms with Gasteiger partial charge in [0, 0.05) is 19.1 Å². The van der Waals surface area contributed by atoms with E-state index in [1.165, 1.54) is 35.4 Å². The quantitative estimate of drug-likeness (QED) is 0.278. The fourth-order valence-electron chi connectivity index (χ4n) is 2.89. The second-order valence-electron chi connectivity index (χ2n) is 6.42. The lowest BCUT2D eigenvalue weighted by atomic mass is 10.3. The summed E-state index contributed by atoms with van der Waals surface area (Å²) >= 11 is 2.33. The molecule has 2 heterocycles. The molecule has 30 heavy (non-hydrogen) atoms. The summed E-state index contributed by atoms with van der Waals surface area (Å²) in [6.45, 7) is 3.16. The summed E-state index contributed by atoms with van der Waals surface area (Å²) < 4.78 is 2.10. The van der Waals surface area contributed by atoms with Gasteiger partial charge in [0.15, 0.2) is 10.3 Å². The Bertz CT molecular complexity index is 1310. The molecular weight excluding hydrogens is 426 g/mol. The van der Waals surface area contributed by atoms with Crippen LogP contribution in [0.2, 0.25) is 0 Å². The number of hydrogen-bond acceptors (Lipinski definition) is 8. The molecule has 2 aromatic carbocycles. The fourth-order valence-corrected chi connectivity index (χ4v) is 4.75. The molecule has 0 fully saturated rings. The summed E-state index contributed by atoms with van der Waals surface area (Å²) in [5, 5.41) is 13.9. The highest BCUT2D eigenvalue weighted by atomic mass is 32.2. The van der Waals surface area contributed by atoms with Gasteiger partial charge >= 0.3 is 0 Å². The van der Waals surface area contributed by atoms with E-state index < -0.39 is 10.2 Å². The average Bonchev–Trinajstić information content (AvgIpc) is 3.26. The first-order valence-electron chi connectivity index (χ1n) is 8.84. The van der Waals surface area contributed by atoms with E-state index in [-0.39, 0.29) is 17.5 Å². The number of nitrogens with zero attached hydrogens (tertiary/aromatic N) is 4. The number of para-hydroxylation sites is 2. The van der Waals surface area contributed by atoms with E-state index in [0.717, 1.165) is 11.3 Å². The minimum atomic E-state index is -0.554. The number of benzene rings is 2. The number of carbonyl (C=O) groups excluding carboxylic acids is 2. The molecule has 1 amide bonds. The number of nitrogens with one attached hydrogen (secondary N) is 1. The van der Waals surface area contributed by atoms with Crippen molar-refractivity contribution < 1.29 is 14.5 Å². The third-order valence-electron chi connectivity index (χ3n) is 4.31. The molecule has 0 unspecified atom stereocenters. The van der Waals surface area contributed by atoms with Gasteiger partial charge in [-0.25, -0.2) is 9.97 Å². The zero-order valence-electron chi connectivity index (χ0n) is 15.9. The molecule has 2 aromatic heterocycles. The molecule has 0 aliphatic heterocycles. The molecule has 11 heteroatoms. The molecule has 0 saturated heterocycles. The average molecular weight is 441 g/mol. The Morgan fingerprint density at radius 1 is 1.20 bits per heavy atom. The summed E-state index contributed by atoms with van der Waals surface area (Å²) in [5.41, 5.74) is 1.90. The van der Waals surface area contributed by atoms with Crippen molar-refractivity contribution >= 4 is 67.0 Å². The number of fused-ring (bicyclic) bond motifs is 2. The summed E-state index contributed by atoms with van der Waals surface area (Å²) in [5.74, 6) is -0.498. The maximum atomic E-state index is 12.7. The number of nitro groups is 1. The summed E-state index contributed by atoms with van der Waals surface area (Å²) in [6, 6.07) is 11.6. The number of aromatic nitrogens is 3. The second kappa shape index (κ2) is 7.84. The van der Waals surface area contributed by atoms with Gasteiger partial charge < -0.3 is 5.32 Å². The predicted octanol–water partition coefficient (Wildman–Crippen LogP) is 4.33. The van der Waals surface area contributed by atoms with Crippen molar-refractivity contribution in [3.05, 3.63) is 52.6 Å². The van der Waals surface area contributed by atoms with Crippen molar-refractivity contribution in [3.63, 3.8) is 0 Å². The molecule has 152 valence electrons. The maximum absolute atomic E-state index is 12.7. The van der Waals surface area contributed by atoms with E-state index >= 15 is 0 Å². The van der Waals surface area contributed by atoms with Gasteiger partial charge in [0.05, 0.1) is 31.4 Å². The van der Waals surface area contributed by atoms with Crippen LogP contribution in [0.5, 0.6) is 0 Å². The molecule has 0 radical (unpaired) electrons. The number of rotatable bonds is 5. The van der Waals surface area contributed by atoms with E-state index in [9.17, 15) is 19.7 Å². The first-order chi connectivity index (χ1) is 14.3. The van der Waals surface area contributed by atoms with Gasteiger partial charge in [-0.3, -0.25) is 24.3 Å². The highest BCUT2D eigenvalue weighted by Crippen LogP contribution is 2.31. The number of anilines is 1. The zero-order chi connectivity index (χ0) is 21.4. The Balaban J connectivity index is 1.54. The number of nitro benzene ring substituents is 1. The monoisotopic (exact) mass is 441 g/mol. The highest BCUT2D eigenvalue weighted by molar-refractivity contribution is 8.00. The standard InChI is InChI=1S/C19H15N5O4S2/c1-10(29-19-21-13-5-3-4-6-15(13)23(19)11(2)25)17(26)22-18-20-14-8-7-12(24(27)28)9-16(14)30-18/h3-10H,1-2H3,(H,20,22,26)/t10-/m1/s1. The van der Waals surface area contributed by atoms with Gasteiger partial charge in [-0.15, -0.1) is 0 Å². The second-order valence-corrected chi connectivity index (χ2v) is 8.75. The van der Waals surface area contributed by atoms with Crippen LogP contribution in [0, 0.1) is 10.1 Å². The molecule has 4 aromatic rings. The van der Waals surface area contributed by atoms with Crippen molar-refractivity contribution in [1.82, 2.24) is 14.5 Å². The Hall–Kier alpha value is -3.31. The molecule has 0 bridgehead atoms. The fraction of sp³-hybridized carbons (Fsp3) is 0.158. The van der Waals surface area contributed by atoms with Crippen LogP contribution >= 0.6 is 23.1 Å². The molecule has 1 atom stereocenters. The van der Waals surface area contributed by atoms with Crippen LogP contribution in [-0.2, 0) is 4.79 Å². The van der Waals surface area contributed by atoms with Crippen LogP contribution in [0.4, 0.5) is 10.8 Å². The van der Waals surface area contributed by atoms with Crippen LogP contribution in [0.3, 0.4) is 0 Å². The van der Waals surface area contributed by atoms with Crippen molar-refractivity contribution in [2.45, 2.75) is 24.3 Å². The number of imidazole rings is 1. The number of hydrogen-bond donors (Lipinski definition) is 1. The van der Waals surface area contributed by atoms with Gasteiger partial charge in [0.25, 0.3) is 5.69 Å². The molecule has 0 aliphatic rings. The molecule has 0 aliphatic carbocycles. The molecule has 9 nitrogen and oxygen atoms in total. The van der Waals surface area contributed by atoms with Crippen LogP contribution in [0.25, 0.3) is 21.3 Å². The number of thiazole rings is 1. The van der Waals surface area contributed by atoms with E-state index in [1.54, 1.807) is 19.1 Å². The van der Waals surface area contributed by atoms with E-state index in [1.807, 2.05) is 18.2 Å². The van der Waals surface area contributed by atoms with Crippen LogP contribution in [0.15, 0.2) is 47.6 Å². The normalized spacial score (nSPS) is 12.2. The van der Waals surface area contributed by atoms with Gasteiger partial charge in [-0.1, -0.05) is 35.2 Å². The van der Waals surface area contributed by atoms with E-state index in [4.69, 9.17) is 0 Å². The number of non-ortho nitro benzene ring substituents is 1. The van der Waals surface area contributed by atoms with Gasteiger partial charge in [0.1, 0.15) is 0 Å². The first kappa shape index (κ1) is 20.0. The van der Waals surface area contributed by atoms with Crippen LogP contribution in [-0.4, -0.2) is 36.5 Å². The Labute approximate surface area is 178 Å². The lowest BCUT2D eigenvalue weighted by Gasteiger charge is -2.10. The van der Waals surface area contributed by atoms with Gasteiger partial charge in [-0.05, 0) is 25.1 Å². The smallest absolute Gasteiger partial charge is 0.270 e. The molecule has 4 rings (SSSR count). The third-order valence-corrected chi connectivity index (χ3v) is 6.30. The maximum Gasteiger partial charge on any atom is 0.270 e. The van der Waals surface area contributed by atoms with Gasteiger partial charge in [-0.2, -0.15) is 0 Å². The minimum absolute atomic E-state index is 0.0314. The number of amides is 1. The lowest BCUT2D eigenvalue weighted by Crippen LogP contribution is -2.23. The van der Waals surface area contributed by atoms with E-state index in [2.05, 4.69) is 15.3 Å². The Kier molecular flexibility index (Phi) is 5.22. The molecule has 0 saturated carbocycles. The first-order valence-corrected chi connectivity index (χ1v) is 10.5. The van der Waals surface area contributed by atoms with Gasteiger partial charge in [0.2, 0.25) is 11.8 Å². The number of thioether (sulfide) groups is 1. The Morgan fingerprint density at radius 2 is 1.97 bits per heavy atom. The van der Waals surface area contributed by atoms with E-state index in [0.29, 0.717) is 31.5 Å². The largest absolute Gasteiger partial charge is 0.301 e. The van der Waals surface area contributed by atoms with Crippen molar-refractivity contribution in [3.8, 4) is 0 Å².